The Morgan fingerprint density at radius 2 is 1.97 bits per heavy atom. The molecule has 1 unspecified atom stereocenters. The molecule has 1 aromatic carbocycles. The lowest BCUT2D eigenvalue weighted by atomic mass is 10.1. The number of anilines is 2. The Morgan fingerprint density at radius 1 is 1.23 bits per heavy atom. The van der Waals surface area contributed by atoms with Crippen LogP contribution in [-0.4, -0.2) is 46.1 Å². The average Bonchev–Trinajstić information content (AvgIpc) is 3.42. The van der Waals surface area contributed by atoms with Crippen molar-refractivity contribution in [3.8, 4) is 10.6 Å². The highest BCUT2D eigenvalue weighted by Crippen LogP contribution is 2.34. The van der Waals surface area contributed by atoms with Gasteiger partial charge in [0.1, 0.15) is 32.9 Å². The van der Waals surface area contributed by atoms with Gasteiger partial charge in [-0.25, -0.2) is 18.6 Å². The zero-order chi connectivity index (χ0) is 25.2. The fraction of sp³-hybridized carbons (Fsp3) is 0.391. The summed E-state index contributed by atoms with van der Waals surface area (Å²) >= 11 is 2.22. The average molecular weight is 522 g/mol. The predicted molar refractivity (Wildman–Crippen MR) is 132 cm³/mol. The number of carbonyl (C=O) groups is 2. The Kier molecular flexibility index (Phi) is 7.31. The Bertz CT molecular complexity index is 1200. The molecule has 8 nitrogen and oxygen atoms in total. The summed E-state index contributed by atoms with van der Waals surface area (Å²) in [6.07, 6.45) is 2.74. The number of rotatable bonds is 5. The van der Waals surface area contributed by atoms with Crippen molar-refractivity contribution < 1.29 is 23.1 Å². The van der Waals surface area contributed by atoms with Gasteiger partial charge in [-0.1, -0.05) is 6.07 Å². The number of ether oxygens (including phenoxy) is 1. The van der Waals surface area contributed by atoms with Gasteiger partial charge in [0.2, 0.25) is 0 Å². The van der Waals surface area contributed by atoms with Gasteiger partial charge < -0.3 is 20.3 Å². The highest BCUT2D eigenvalue weighted by molar-refractivity contribution is 7.13. The lowest BCUT2D eigenvalue weighted by Crippen LogP contribution is -2.49. The third-order valence-corrected chi connectivity index (χ3v) is 6.86. The molecule has 1 fully saturated rings. The lowest BCUT2D eigenvalue weighted by molar-refractivity contribution is 0.0500. The third-order valence-electron chi connectivity index (χ3n) is 5.14. The lowest BCUT2D eigenvalue weighted by Gasteiger charge is -2.34. The number of benzene rings is 1. The maximum Gasteiger partial charge on any atom is 0.407 e. The second-order valence-electron chi connectivity index (χ2n) is 9.06. The Morgan fingerprint density at radius 3 is 2.69 bits per heavy atom. The molecule has 2 amide bonds. The summed E-state index contributed by atoms with van der Waals surface area (Å²) in [6, 6.07) is 3.45. The Hall–Kier alpha value is -3.12. The van der Waals surface area contributed by atoms with Gasteiger partial charge in [0, 0.05) is 24.5 Å². The van der Waals surface area contributed by atoms with E-state index in [0.29, 0.717) is 12.2 Å². The number of nitrogens with zero attached hydrogens (tertiary/aromatic N) is 3. The number of aromatic nitrogens is 2. The number of alkyl carbamates (subject to hydrolysis) is 1. The van der Waals surface area contributed by atoms with Crippen molar-refractivity contribution in [3.63, 3.8) is 0 Å². The van der Waals surface area contributed by atoms with Gasteiger partial charge >= 0.3 is 6.09 Å². The SMILES string of the molecule is CC(C)(C)OC(=O)NC1CCCN(c2sncc2NC(=O)c2csc(-c3c(F)cccc3F)n2)C1. The van der Waals surface area contributed by atoms with Gasteiger partial charge in [-0.3, -0.25) is 4.79 Å². The molecule has 186 valence electrons. The van der Waals surface area contributed by atoms with Crippen molar-refractivity contribution in [3.05, 3.63) is 47.1 Å². The molecule has 2 N–H and O–H groups in total. The molecule has 12 heteroatoms. The molecule has 0 spiro atoms. The molecule has 0 bridgehead atoms. The minimum atomic E-state index is -0.740. The molecule has 1 atom stereocenters. The van der Waals surface area contributed by atoms with Crippen molar-refractivity contribution >= 4 is 45.6 Å². The number of amides is 2. The minimum absolute atomic E-state index is 0.0490. The van der Waals surface area contributed by atoms with Crippen LogP contribution in [0, 0.1) is 11.6 Å². The van der Waals surface area contributed by atoms with Gasteiger partial charge in [0.25, 0.3) is 5.91 Å². The molecule has 2 aromatic heterocycles. The monoisotopic (exact) mass is 521 g/mol. The van der Waals surface area contributed by atoms with Crippen LogP contribution in [0.2, 0.25) is 0 Å². The molecule has 4 rings (SSSR count). The molecule has 0 radical (unpaired) electrons. The van der Waals surface area contributed by atoms with Crippen LogP contribution in [0.3, 0.4) is 0 Å². The van der Waals surface area contributed by atoms with Crippen LogP contribution in [0.15, 0.2) is 29.8 Å². The van der Waals surface area contributed by atoms with Crippen LogP contribution >= 0.6 is 22.9 Å². The number of hydrogen-bond donors (Lipinski definition) is 2. The molecule has 0 aliphatic carbocycles. The topological polar surface area (TPSA) is 96.5 Å². The second kappa shape index (κ2) is 10.2. The summed E-state index contributed by atoms with van der Waals surface area (Å²) in [7, 11) is 0. The van der Waals surface area contributed by atoms with Crippen LogP contribution < -0.4 is 15.5 Å². The van der Waals surface area contributed by atoms with Crippen LogP contribution in [0.4, 0.5) is 24.3 Å². The van der Waals surface area contributed by atoms with E-state index in [1.807, 2.05) is 20.8 Å². The van der Waals surface area contributed by atoms with E-state index in [4.69, 9.17) is 4.74 Å². The zero-order valence-electron chi connectivity index (χ0n) is 19.4. The molecular formula is C23H25F2N5O3S2. The van der Waals surface area contributed by atoms with E-state index in [0.717, 1.165) is 47.9 Å². The van der Waals surface area contributed by atoms with Gasteiger partial charge in [-0.15, -0.1) is 11.3 Å². The third kappa shape index (κ3) is 6.12. The van der Waals surface area contributed by atoms with Crippen LogP contribution in [0.5, 0.6) is 0 Å². The summed E-state index contributed by atoms with van der Waals surface area (Å²) < 4.78 is 37.7. The predicted octanol–water partition coefficient (Wildman–Crippen LogP) is 5.29. The largest absolute Gasteiger partial charge is 0.444 e. The van der Waals surface area contributed by atoms with E-state index >= 15 is 0 Å². The van der Waals surface area contributed by atoms with Crippen LogP contribution in [-0.2, 0) is 4.74 Å². The number of hydrogen-bond acceptors (Lipinski definition) is 8. The van der Waals surface area contributed by atoms with Gasteiger partial charge in [-0.2, -0.15) is 4.37 Å². The normalized spacial score (nSPS) is 16.1. The fourth-order valence-corrected chi connectivity index (χ4v) is 5.27. The highest BCUT2D eigenvalue weighted by Gasteiger charge is 2.27. The first kappa shape index (κ1) is 25.0. The van der Waals surface area contributed by atoms with E-state index in [1.54, 1.807) is 6.20 Å². The van der Waals surface area contributed by atoms with E-state index in [-0.39, 0.29) is 22.3 Å². The number of nitrogens with one attached hydrogen (secondary N) is 2. The number of halogens is 2. The minimum Gasteiger partial charge on any atom is -0.444 e. The first-order valence-corrected chi connectivity index (χ1v) is 12.7. The smallest absolute Gasteiger partial charge is 0.407 e. The van der Waals surface area contributed by atoms with Gasteiger partial charge in [-0.05, 0) is 57.3 Å². The first-order valence-electron chi connectivity index (χ1n) is 11.0. The summed E-state index contributed by atoms with van der Waals surface area (Å²) in [5, 5.41) is 8.00. The molecular weight excluding hydrogens is 496 g/mol. The molecule has 0 saturated carbocycles. The number of thiazole rings is 1. The number of piperidine rings is 1. The van der Waals surface area contributed by atoms with Crippen LogP contribution in [0.25, 0.3) is 10.6 Å². The standard InChI is InChI=1S/C23H25F2N5O3S2/c1-23(2,3)33-22(32)27-13-6-5-9-30(11-13)21-16(10-26-35-21)28-19(31)17-12-34-20(29-17)18-14(24)7-4-8-15(18)25/h4,7-8,10,12-13H,5-6,9,11H2,1-3H3,(H,27,32)(H,28,31). The Labute approximate surface area is 209 Å². The summed E-state index contributed by atoms with van der Waals surface area (Å²) in [5.74, 6) is -1.99. The molecule has 3 aromatic rings. The van der Waals surface area contributed by atoms with Crippen molar-refractivity contribution in [1.82, 2.24) is 14.7 Å². The maximum atomic E-state index is 14.1. The maximum absolute atomic E-state index is 14.1. The van der Waals surface area contributed by atoms with E-state index in [2.05, 4.69) is 24.9 Å². The fourth-order valence-electron chi connectivity index (χ4n) is 3.68. The quantitative estimate of drug-likeness (QED) is 0.474. The number of carbonyl (C=O) groups excluding carboxylic acids is 2. The Balaban J connectivity index is 1.43. The van der Waals surface area contributed by atoms with Gasteiger partial charge in [0.05, 0.1) is 17.4 Å². The highest BCUT2D eigenvalue weighted by atomic mass is 32.1. The summed E-state index contributed by atoms with van der Waals surface area (Å²) in [4.78, 5) is 31.2. The van der Waals surface area contributed by atoms with E-state index in [9.17, 15) is 18.4 Å². The zero-order valence-corrected chi connectivity index (χ0v) is 21.1. The molecule has 35 heavy (non-hydrogen) atoms. The summed E-state index contributed by atoms with van der Waals surface area (Å²) in [6.45, 7) is 6.71. The molecule has 3 heterocycles. The van der Waals surface area contributed by atoms with Gasteiger partial charge in [0.15, 0.2) is 0 Å². The van der Waals surface area contributed by atoms with Crippen molar-refractivity contribution in [1.29, 1.82) is 0 Å². The van der Waals surface area contributed by atoms with Crippen molar-refractivity contribution in [2.24, 2.45) is 0 Å². The van der Waals surface area contributed by atoms with Crippen molar-refractivity contribution in [2.75, 3.05) is 23.3 Å². The van der Waals surface area contributed by atoms with E-state index in [1.165, 1.54) is 23.0 Å². The first-order chi connectivity index (χ1) is 16.6. The molecule has 1 aliphatic rings. The van der Waals surface area contributed by atoms with Crippen molar-refractivity contribution in [2.45, 2.75) is 45.3 Å². The molecule has 1 saturated heterocycles. The summed E-state index contributed by atoms with van der Waals surface area (Å²) in [5.41, 5.74) is -0.287. The van der Waals surface area contributed by atoms with E-state index < -0.39 is 29.2 Å². The van der Waals surface area contributed by atoms with Crippen LogP contribution in [0.1, 0.15) is 44.1 Å². The second-order valence-corrected chi connectivity index (χ2v) is 10.7. The molecule has 1 aliphatic heterocycles.